The second-order valence-electron chi connectivity index (χ2n) is 22.3. The Balaban J connectivity index is 1.34. The first-order valence-electron chi connectivity index (χ1n) is 23.0. The van der Waals surface area contributed by atoms with Crippen LogP contribution >= 0.6 is 0 Å². The third kappa shape index (κ3) is 5.15. The van der Waals surface area contributed by atoms with Gasteiger partial charge in [-0.2, -0.15) is 0 Å². The van der Waals surface area contributed by atoms with Crippen molar-refractivity contribution in [2.75, 3.05) is 4.90 Å². The number of allylic oxidation sites excluding steroid dienone is 1. The Morgan fingerprint density at radius 1 is 0.476 bits per heavy atom. The zero-order valence-electron chi connectivity index (χ0n) is 38.7. The van der Waals surface area contributed by atoms with E-state index in [-0.39, 0.29) is 28.5 Å². The fraction of sp³-hybridized carbons (Fsp3) is 0.254. The molecule has 0 fully saturated rings. The highest BCUT2D eigenvalue weighted by Crippen LogP contribution is 2.58. The summed E-state index contributed by atoms with van der Waals surface area (Å²) in [6.45, 7) is 26.0. The first-order chi connectivity index (χ1) is 29.9. The molecule has 0 atom stereocenters. The highest BCUT2D eigenvalue weighted by molar-refractivity contribution is 6.86. The van der Waals surface area contributed by atoms with Crippen molar-refractivity contribution in [1.82, 2.24) is 9.05 Å². The number of aromatic nitrogens is 2. The molecule has 0 bridgehead atoms. The molecule has 3 nitrogen and oxygen atoms in total. The second-order valence-corrected chi connectivity index (χ2v) is 22.3. The van der Waals surface area contributed by atoms with Crippen LogP contribution in [0.2, 0.25) is 0 Å². The Kier molecular flexibility index (Phi) is 7.61. The standard InChI is InChI=1S/C59H56BN3/c1-56(2,3)35-25-28-39(29-26-35)62-49-33-37(58(7,8)9)32-45-50-52-43(40-21-16-18-24-47(40)61(52)38-19-13-12-14-20-38)34-44-42-31-36(57(4,5)6)27-30-48(42)63(53(44)50)60(51(45)49)55-54(62)41-22-15-17-23-46(41)59(55,10)11/h12-34H,1-11H3. The van der Waals surface area contributed by atoms with Gasteiger partial charge in [-0.25, -0.2) is 0 Å². The first kappa shape index (κ1) is 38.4. The highest BCUT2D eigenvalue weighted by atomic mass is 15.2. The van der Waals surface area contributed by atoms with E-state index in [1.165, 1.54) is 116 Å². The first-order valence-corrected chi connectivity index (χ1v) is 23.0. The molecule has 310 valence electrons. The maximum Gasteiger partial charge on any atom is 0.329 e. The predicted octanol–water partition coefficient (Wildman–Crippen LogP) is 14.9. The molecule has 0 N–H and O–H groups in total. The van der Waals surface area contributed by atoms with Crippen molar-refractivity contribution < 1.29 is 0 Å². The smallest absolute Gasteiger partial charge is 0.329 e. The van der Waals surface area contributed by atoms with Crippen LogP contribution in [0.25, 0.3) is 66.1 Å². The highest BCUT2D eigenvalue weighted by Gasteiger charge is 2.53. The maximum atomic E-state index is 2.80. The third-order valence-electron chi connectivity index (χ3n) is 14.9. The van der Waals surface area contributed by atoms with E-state index in [1.807, 2.05) is 0 Å². The Morgan fingerprint density at radius 3 is 1.83 bits per heavy atom. The van der Waals surface area contributed by atoms with E-state index in [9.17, 15) is 0 Å². The SMILES string of the molecule is CC(C)(C)c1ccc(N2C3=C(B4c5c(cc(C(C)(C)C)cc52)-c2c5c(cc6c7ccccc7n(-c7ccccc7)c26)c2cc(C(C)(C)C)ccc2n54)C(C)(C)c2ccccc23)cc1. The van der Waals surface area contributed by atoms with Crippen LogP contribution in [0.3, 0.4) is 0 Å². The number of benzene rings is 7. The molecule has 12 rings (SSSR count). The van der Waals surface area contributed by atoms with Crippen LogP contribution in [0.1, 0.15) is 104 Å². The zero-order chi connectivity index (χ0) is 43.7. The van der Waals surface area contributed by atoms with Gasteiger partial charge in [-0.3, -0.25) is 0 Å². The molecule has 0 radical (unpaired) electrons. The molecule has 1 aliphatic carbocycles. The van der Waals surface area contributed by atoms with Crippen molar-refractivity contribution >= 4 is 73.0 Å². The van der Waals surface area contributed by atoms with Gasteiger partial charge >= 0.3 is 6.85 Å². The Hall–Kier alpha value is -6.26. The van der Waals surface area contributed by atoms with Crippen LogP contribution in [0, 0.1) is 0 Å². The van der Waals surface area contributed by atoms with Gasteiger partial charge in [0.1, 0.15) is 0 Å². The number of fused-ring (bicyclic) bond motifs is 12. The fourth-order valence-electron chi connectivity index (χ4n) is 11.7. The summed E-state index contributed by atoms with van der Waals surface area (Å²) < 4.78 is 5.36. The predicted molar refractivity (Wildman–Crippen MR) is 271 cm³/mol. The molecule has 0 amide bonds. The average Bonchev–Trinajstić information content (AvgIpc) is 3.84. The molecular formula is C59H56BN3. The molecule has 9 aromatic rings. The van der Waals surface area contributed by atoms with Crippen molar-refractivity contribution in [2.45, 2.75) is 97.8 Å². The number of rotatable bonds is 2. The van der Waals surface area contributed by atoms with Crippen LogP contribution in [0.5, 0.6) is 0 Å². The summed E-state index contributed by atoms with van der Waals surface area (Å²) in [5, 5.41) is 5.24. The summed E-state index contributed by atoms with van der Waals surface area (Å²) in [5.41, 5.74) is 22.1. The maximum absolute atomic E-state index is 2.80. The van der Waals surface area contributed by atoms with Gasteiger partial charge in [0.2, 0.25) is 0 Å². The quantitative estimate of drug-likeness (QED) is 0.158. The van der Waals surface area contributed by atoms with Gasteiger partial charge < -0.3 is 13.9 Å². The minimum Gasteiger partial charge on any atom is -0.375 e. The van der Waals surface area contributed by atoms with Crippen LogP contribution in [-0.2, 0) is 21.7 Å². The van der Waals surface area contributed by atoms with Crippen LogP contribution < -0.4 is 10.4 Å². The zero-order valence-corrected chi connectivity index (χ0v) is 38.7. The normalized spacial score (nSPS) is 15.5. The van der Waals surface area contributed by atoms with E-state index >= 15 is 0 Å². The molecule has 7 aromatic carbocycles. The van der Waals surface area contributed by atoms with Gasteiger partial charge in [-0.05, 0) is 110 Å². The summed E-state index contributed by atoms with van der Waals surface area (Å²) in [6, 6.07) is 53.9. The lowest BCUT2D eigenvalue weighted by molar-refractivity contribution is 0.590. The Morgan fingerprint density at radius 2 is 1.11 bits per heavy atom. The monoisotopic (exact) mass is 817 g/mol. The molecule has 0 saturated carbocycles. The van der Waals surface area contributed by atoms with E-state index in [0.29, 0.717) is 0 Å². The minimum atomic E-state index is -0.257. The minimum absolute atomic E-state index is 0.00450. The van der Waals surface area contributed by atoms with Crippen molar-refractivity contribution in [1.29, 1.82) is 0 Å². The van der Waals surface area contributed by atoms with Crippen molar-refractivity contribution in [3.8, 4) is 16.8 Å². The van der Waals surface area contributed by atoms with E-state index in [2.05, 4.69) is 230 Å². The summed E-state index contributed by atoms with van der Waals surface area (Å²) >= 11 is 0. The number of hydrogen-bond acceptors (Lipinski definition) is 1. The van der Waals surface area contributed by atoms with Crippen molar-refractivity contribution in [3.05, 3.63) is 173 Å². The molecule has 4 heterocycles. The molecule has 2 aliphatic heterocycles. The molecule has 3 aliphatic rings. The summed E-state index contributed by atoms with van der Waals surface area (Å²) in [4.78, 5) is 2.67. The van der Waals surface area contributed by atoms with E-state index < -0.39 is 0 Å². The van der Waals surface area contributed by atoms with E-state index in [1.54, 1.807) is 0 Å². The van der Waals surface area contributed by atoms with Gasteiger partial charge in [0.25, 0.3) is 0 Å². The average molecular weight is 818 g/mol. The lowest BCUT2D eigenvalue weighted by Crippen LogP contribution is -2.52. The van der Waals surface area contributed by atoms with Gasteiger partial charge in [0.05, 0.1) is 11.0 Å². The molecule has 2 aromatic heterocycles. The lowest BCUT2D eigenvalue weighted by Gasteiger charge is -2.44. The number of anilines is 2. The Labute approximate surface area is 372 Å². The lowest BCUT2D eigenvalue weighted by atomic mass is 9.40. The largest absolute Gasteiger partial charge is 0.375 e. The number of nitrogens with zero attached hydrogens (tertiary/aromatic N) is 3. The summed E-state index contributed by atoms with van der Waals surface area (Å²) in [6.07, 6.45) is 0. The van der Waals surface area contributed by atoms with Gasteiger partial charge in [-0.15, -0.1) is 0 Å². The third-order valence-corrected chi connectivity index (χ3v) is 14.9. The van der Waals surface area contributed by atoms with Crippen LogP contribution in [0.15, 0.2) is 145 Å². The van der Waals surface area contributed by atoms with Crippen molar-refractivity contribution in [3.63, 3.8) is 0 Å². The number of para-hydroxylation sites is 2. The molecule has 0 saturated heterocycles. The number of hydrogen-bond donors (Lipinski definition) is 0. The summed E-state index contributed by atoms with van der Waals surface area (Å²) in [7, 11) is 0. The van der Waals surface area contributed by atoms with Gasteiger partial charge in [0.15, 0.2) is 0 Å². The molecule has 4 heteroatoms. The molecule has 0 unspecified atom stereocenters. The second kappa shape index (κ2) is 12.5. The van der Waals surface area contributed by atoms with Crippen LogP contribution in [0.4, 0.5) is 11.4 Å². The van der Waals surface area contributed by atoms with Crippen molar-refractivity contribution in [2.24, 2.45) is 0 Å². The van der Waals surface area contributed by atoms with E-state index in [4.69, 9.17) is 0 Å². The molecular weight excluding hydrogens is 761 g/mol. The summed E-state index contributed by atoms with van der Waals surface area (Å²) in [5.74, 6) is 0. The Bertz CT molecular complexity index is 3460. The van der Waals surface area contributed by atoms with Gasteiger partial charge in [0, 0.05) is 71.9 Å². The van der Waals surface area contributed by atoms with Gasteiger partial charge in [-0.1, -0.05) is 161 Å². The molecule has 0 spiro atoms. The van der Waals surface area contributed by atoms with Crippen LogP contribution in [-0.4, -0.2) is 15.9 Å². The topological polar surface area (TPSA) is 13.1 Å². The van der Waals surface area contributed by atoms with E-state index in [0.717, 1.165) is 0 Å². The fourth-order valence-corrected chi connectivity index (χ4v) is 11.7. The molecule has 63 heavy (non-hydrogen) atoms.